The molecule has 0 aliphatic heterocycles. The fourth-order valence-corrected chi connectivity index (χ4v) is 3.49. The Bertz CT molecular complexity index is 431. The number of aromatic nitrogens is 1. The molecular weight excluding hydrogens is 252 g/mol. The molecule has 1 heterocycles. The molecule has 0 bridgehead atoms. The van der Waals surface area contributed by atoms with Crippen LogP contribution in [0.2, 0.25) is 0 Å². The molecule has 0 radical (unpaired) electrons. The normalized spacial score (nSPS) is 16.9. The third-order valence-corrected chi connectivity index (χ3v) is 4.27. The van der Waals surface area contributed by atoms with Crippen LogP contribution in [-0.2, 0) is 13.0 Å². The predicted octanol–water partition coefficient (Wildman–Crippen LogP) is 4.50. The summed E-state index contributed by atoms with van der Waals surface area (Å²) in [7, 11) is 0. The molecular formula is C16H28N2S. The smallest absolute Gasteiger partial charge is 0.0936 e. The van der Waals surface area contributed by atoms with E-state index in [0.29, 0.717) is 5.41 Å². The highest BCUT2D eigenvalue weighted by Gasteiger charge is 2.30. The van der Waals surface area contributed by atoms with E-state index in [1.54, 1.807) is 0 Å². The minimum Gasteiger partial charge on any atom is -0.307 e. The SMILES string of the molecule is CC(C)(C)Cc1nc(C2CC2)c(CNC(C)(C)C)s1. The van der Waals surface area contributed by atoms with Gasteiger partial charge in [0.05, 0.1) is 10.7 Å². The van der Waals surface area contributed by atoms with Crippen molar-refractivity contribution in [3.8, 4) is 0 Å². The molecule has 3 heteroatoms. The van der Waals surface area contributed by atoms with Crippen LogP contribution in [0.1, 0.15) is 75.9 Å². The van der Waals surface area contributed by atoms with Gasteiger partial charge in [-0.15, -0.1) is 11.3 Å². The van der Waals surface area contributed by atoms with Crippen LogP contribution in [0.4, 0.5) is 0 Å². The molecule has 1 aromatic rings. The highest BCUT2D eigenvalue weighted by Crippen LogP contribution is 2.43. The van der Waals surface area contributed by atoms with Crippen molar-refractivity contribution in [2.75, 3.05) is 0 Å². The van der Waals surface area contributed by atoms with Crippen LogP contribution in [0.25, 0.3) is 0 Å². The number of nitrogens with one attached hydrogen (secondary N) is 1. The Kier molecular flexibility index (Phi) is 4.08. The maximum Gasteiger partial charge on any atom is 0.0936 e. The number of rotatable bonds is 4. The van der Waals surface area contributed by atoms with Gasteiger partial charge in [0.15, 0.2) is 0 Å². The molecule has 1 aromatic heterocycles. The minimum absolute atomic E-state index is 0.176. The predicted molar refractivity (Wildman–Crippen MR) is 83.8 cm³/mol. The van der Waals surface area contributed by atoms with Gasteiger partial charge in [0, 0.05) is 29.3 Å². The number of hydrogen-bond donors (Lipinski definition) is 1. The first-order valence-corrected chi connectivity index (χ1v) is 8.19. The second-order valence-corrected chi connectivity index (χ2v) is 9.20. The summed E-state index contributed by atoms with van der Waals surface area (Å²) in [4.78, 5) is 6.41. The number of nitrogens with zero attached hydrogens (tertiary/aromatic N) is 1. The van der Waals surface area contributed by atoms with Crippen LogP contribution in [0.5, 0.6) is 0 Å². The van der Waals surface area contributed by atoms with Gasteiger partial charge in [-0.3, -0.25) is 0 Å². The quantitative estimate of drug-likeness (QED) is 0.878. The van der Waals surface area contributed by atoms with Gasteiger partial charge in [-0.25, -0.2) is 4.98 Å². The summed E-state index contributed by atoms with van der Waals surface area (Å²) in [6.07, 6.45) is 3.76. The third-order valence-electron chi connectivity index (χ3n) is 3.20. The van der Waals surface area contributed by atoms with E-state index in [0.717, 1.165) is 18.9 Å². The molecule has 0 atom stereocenters. The van der Waals surface area contributed by atoms with Gasteiger partial charge in [-0.05, 0) is 39.0 Å². The van der Waals surface area contributed by atoms with Crippen LogP contribution in [0, 0.1) is 5.41 Å². The lowest BCUT2D eigenvalue weighted by Gasteiger charge is -2.20. The molecule has 1 fully saturated rings. The molecule has 1 N–H and O–H groups in total. The van der Waals surface area contributed by atoms with Crippen LogP contribution in [0.15, 0.2) is 0 Å². The summed E-state index contributed by atoms with van der Waals surface area (Å²) in [6, 6.07) is 0. The highest BCUT2D eigenvalue weighted by atomic mass is 32.1. The van der Waals surface area contributed by atoms with Crippen molar-refractivity contribution in [1.29, 1.82) is 0 Å². The van der Waals surface area contributed by atoms with Crippen LogP contribution in [0.3, 0.4) is 0 Å². The largest absolute Gasteiger partial charge is 0.307 e. The van der Waals surface area contributed by atoms with Crippen molar-refractivity contribution in [3.63, 3.8) is 0 Å². The molecule has 1 aliphatic carbocycles. The molecule has 1 aliphatic rings. The molecule has 0 spiro atoms. The second kappa shape index (κ2) is 5.17. The fraction of sp³-hybridized carbons (Fsp3) is 0.812. The molecule has 0 saturated heterocycles. The number of thiazole rings is 1. The Morgan fingerprint density at radius 2 is 1.79 bits per heavy atom. The monoisotopic (exact) mass is 280 g/mol. The van der Waals surface area contributed by atoms with Gasteiger partial charge < -0.3 is 5.32 Å². The summed E-state index contributed by atoms with van der Waals surface area (Å²) >= 11 is 1.92. The van der Waals surface area contributed by atoms with E-state index >= 15 is 0 Å². The Morgan fingerprint density at radius 3 is 2.26 bits per heavy atom. The van der Waals surface area contributed by atoms with Crippen LogP contribution < -0.4 is 5.32 Å². The van der Waals surface area contributed by atoms with Crippen molar-refractivity contribution in [2.24, 2.45) is 5.41 Å². The average molecular weight is 280 g/mol. The third kappa shape index (κ3) is 4.88. The summed E-state index contributed by atoms with van der Waals surface area (Å²) in [5, 5.41) is 4.93. The summed E-state index contributed by atoms with van der Waals surface area (Å²) in [5.41, 5.74) is 1.89. The van der Waals surface area contributed by atoms with Crippen molar-refractivity contribution in [3.05, 3.63) is 15.6 Å². The molecule has 0 aromatic carbocycles. The van der Waals surface area contributed by atoms with Gasteiger partial charge in [0.1, 0.15) is 0 Å². The van der Waals surface area contributed by atoms with Crippen molar-refractivity contribution in [1.82, 2.24) is 10.3 Å². The molecule has 108 valence electrons. The molecule has 0 amide bonds. The first kappa shape index (κ1) is 15.0. The molecule has 0 unspecified atom stereocenters. The first-order valence-electron chi connectivity index (χ1n) is 7.37. The Morgan fingerprint density at radius 1 is 1.16 bits per heavy atom. The summed E-state index contributed by atoms with van der Waals surface area (Å²) in [6.45, 7) is 14.5. The maximum atomic E-state index is 4.94. The summed E-state index contributed by atoms with van der Waals surface area (Å²) in [5.74, 6) is 0.752. The molecule has 2 rings (SSSR count). The van der Waals surface area contributed by atoms with Gasteiger partial charge in [0.2, 0.25) is 0 Å². The Hall–Kier alpha value is -0.410. The number of hydrogen-bond acceptors (Lipinski definition) is 3. The molecule has 19 heavy (non-hydrogen) atoms. The second-order valence-electron chi connectivity index (χ2n) is 8.03. The molecule has 1 saturated carbocycles. The standard InChI is InChI=1S/C16H28N2S/c1-15(2,3)9-13-18-14(11-7-8-11)12(19-13)10-17-16(4,5)6/h11,17H,7-10H2,1-6H3. The zero-order valence-corrected chi connectivity index (χ0v) is 14.1. The summed E-state index contributed by atoms with van der Waals surface area (Å²) < 4.78 is 0. The highest BCUT2D eigenvalue weighted by molar-refractivity contribution is 7.11. The lowest BCUT2D eigenvalue weighted by molar-refractivity contribution is 0.410. The van der Waals surface area contributed by atoms with E-state index in [9.17, 15) is 0 Å². The molecule has 2 nitrogen and oxygen atoms in total. The maximum absolute atomic E-state index is 4.94. The van der Waals surface area contributed by atoms with E-state index in [-0.39, 0.29) is 5.54 Å². The lowest BCUT2D eigenvalue weighted by Crippen LogP contribution is -2.35. The van der Waals surface area contributed by atoms with E-state index in [1.165, 1.54) is 28.4 Å². The van der Waals surface area contributed by atoms with Gasteiger partial charge in [0.25, 0.3) is 0 Å². The van der Waals surface area contributed by atoms with Crippen molar-refractivity contribution < 1.29 is 0 Å². The van der Waals surface area contributed by atoms with E-state index < -0.39 is 0 Å². The van der Waals surface area contributed by atoms with E-state index in [4.69, 9.17) is 4.98 Å². The van der Waals surface area contributed by atoms with Crippen LogP contribution >= 0.6 is 11.3 Å². The topological polar surface area (TPSA) is 24.9 Å². The zero-order valence-electron chi connectivity index (χ0n) is 13.3. The van der Waals surface area contributed by atoms with Crippen molar-refractivity contribution in [2.45, 2.75) is 78.8 Å². The van der Waals surface area contributed by atoms with Crippen LogP contribution in [-0.4, -0.2) is 10.5 Å². The van der Waals surface area contributed by atoms with Gasteiger partial charge in [-0.2, -0.15) is 0 Å². The zero-order chi connectivity index (χ0) is 14.3. The van der Waals surface area contributed by atoms with E-state index in [2.05, 4.69) is 46.9 Å². The fourth-order valence-electron chi connectivity index (χ4n) is 2.09. The Balaban J connectivity index is 2.12. The van der Waals surface area contributed by atoms with Gasteiger partial charge >= 0.3 is 0 Å². The van der Waals surface area contributed by atoms with E-state index in [1.807, 2.05) is 11.3 Å². The average Bonchev–Trinajstić information content (AvgIpc) is 2.96. The van der Waals surface area contributed by atoms with Gasteiger partial charge in [-0.1, -0.05) is 20.8 Å². The first-order chi connectivity index (χ1) is 8.64. The Labute approximate surface area is 122 Å². The van der Waals surface area contributed by atoms with Crippen molar-refractivity contribution >= 4 is 11.3 Å². The minimum atomic E-state index is 0.176. The lowest BCUT2D eigenvalue weighted by atomic mass is 9.93.